The number of ether oxygens (including phenoxy) is 4. The first-order chi connectivity index (χ1) is 14.1. The predicted molar refractivity (Wildman–Crippen MR) is 116 cm³/mol. The van der Waals surface area contributed by atoms with Crippen LogP contribution in [0, 0.1) is 0 Å². The second-order valence-corrected chi connectivity index (χ2v) is 7.31. The van der Waals surface area contributed by atoms with E-state index in [9.17, 15) is 14.2 Å². The van der Waals surface area contributed by atoms with Crippen molar-refractivity contribution in [3.8, 4) is 23.0 Å². The van der Waals surface area contributed by atoms with Crippen molar-refractivity contribution in [2.45, 2.75) is 53.8 Å². The van der Waals surface area contributed by atoms with Crippen LogP contribution in [0.15, 0.2) is 30.4 Å². The molecule has 0 aliphatic rings. The smallest absolute Gasteiger partial charge is 0.209 e. The Morgan fingerprint density at radius 1 is 0.900 bits per heavy atom. The van der Waals surface area contributed by atoms with Gasteiger partial charge < -0.3 is 18.9 Å². The Balaban J connectivity index is 3.69. The molecule has 2 unspecified atom stereocenters. The van der Waals surface area contributed by atoms with E-state index < -0.39 is 12.2 Å². The third kappa shape index (κ3) is 6.17. The lowest BCUT2D eigenvalue weighted by atomic mass is 10.1. The second-order valence-electron chi connectivity index (χ2n) is 6.65. The highest BCUT2D eigenvalue weighted by Gasteiger charge is 2.29. The largest absolute Gasteiger partial charge is 0.490 e. The van der Waals surface area contributed by atoms with Crippen LogP contribution in [0.25, 0.3) is 0 Å². The molecule has 0 amide bonds. The fourth-order valence-corrected chi connectivity index (χ4v) is 2.99. The van der Waals surface area contributed by atoms with E-state index in [1.54, 1.807) is 41.5 Å². The van der Waals surface area contributed by atoms with Crippen LogP contribution in [0.5, 0.6) is 23.0 Å². The van der Waals surface area contributed by atoms with Crippen LogP contribution in [0.2, 0.25) is 0 Å². The van der Waals surface area contributed by atoms with Crippen molar-refractivity contribution in [1.29, 1.82) is 0 Å². The molecule has 0 N–H and O–H groups in total. The van der Waals surface area contributed by atoms with E-state index in [4.69, 9.17) is 18.9 Å². The van der Waals surface area contributed by atoms with Gasteiger partial charge in [0.05, 0.1) is 18.5 Å². The molecule has 0 spiro atoms. The molecule has 0 aromatic heterocycles. The summed E-state index contributed by atoms with van der Waals surface area (Å²) in [6.07, 6.45) is -1.83. The van der Waals surface area contributed by atoms with Gasteiger partial charge >= 0.3 is 0 Å². The van der Waals surface area contributed by atoms with Crippen LogP contribution >= 0.6 is 8.46 Å². The number of benzene rings is 1. The molecule has 0 aliphatic heterocycles. The van der Waals surface area contributed by atoms with Gasteiger partial charge in [-0.25, -0.2) is 0 Å². The van der Waals surface area contributed by atoms with Gasteiger partial charge in [0.2, 0.25) is 11.5 Å². The lowest BCUT2D eigenvalue weighted by Gasteiger charge is -2.24. The Kier molecular flexibility index (Phi) is 9.73. The molecule has 1 aromatic rings. The van der Waals surface area contributed by atoms with Crippen LogP contribution in [-0.2, 0) is 14.2 Å². The molecule has 8 heteroatoms. The van der Waals surface area contributed by atoms with Crippen molar-refractivity contribution in [2.24, 2.45) is 0 Å². The molecule has 1 aromatic carbocycles. The topological polar surface area (TPSA) is 88.1 Å². The quantitative estimate of drug-likeness (QED) is 0.338. The summed E-state index contributed by atoms with van der Waals surface area (Å²) in [6, 6.07) is 1.49. The fraction of sp³-hybridized carbons (Fsp3) is 0.455. The minimum atomic E-state index is -0.927. The summed E-state index contributed by atoms with van der Waals surface area (Å²) in [6.45, 7) is 17.6. The Morgan fingerprint density at radius 2 is 1.37 bits per heavy atom. The third-order valence-electron chi connectivity index (χ3n) is 3.99. The number of Topliss-reactive ketones (excluding diaryl/α,β-unsaturated/α-hetero) is 2. The lowest BCUT2D eigenvalue weighted by Crippen LogP contribution is -2.28. The normalized spacial score (nSPS) is 12.6. The highest BCUT2D eigenvalue weighted by Crippen LogP contribution is 2.46. The standard InChI is InChI=1S/C22H29O7P/c1-9-26-16-11-17(30-25)21(27-10-2)22(29-15(8)19(24)13(5)6)20(16)28-14(7)18(23)12(3)4/h11,14-15H,3,5,9-10H2,1-2,4,6-8H3. The molecule has 0 saturated heterocycles. The Hall–Kier alpha value is -2.66. The van der Waals surface area contributed by atoms with Gasteiger partial charge in [0.15, 0.2) is 43.7 Å². The van der Waals surface area contributed by atoms with Gasteiger partial charge in [-0.2, -0.15) is 0 Å². The van der Waals surface area contributed by atoms with Gasteiger partial charge in [0.1, 0.15) is 0 Å². The number of ketones is 2. The van der Waals surface area contributed by atoms with Gasteiger partial charge in [0.25, 0.3) is 0 Å². The van der Waals surface area contributed by atoms with E-state index in [1.165, 1.54) is 6.07 Å². The van der Waals surface area contributed by atoms with Crippen LogP contribution in [0.4, 0.5) is 0 Å². The van der Waals surface area contributed by atoms with Crippen LogP contribution in [0.3, 0.4) is 0 Å². The van der Waals surface area contributed by atoms with Crippen molar-refractivity contribution >= 4 is 25.3 Å². The van der Waals surface area contributed by atoms with Crippen molar-refractivity contribution < 1.29 is 33.1 Å². The molecule has 0 aliphatic carbocycles. The van der Waals surface area contributed by atoms with Gasteiger partial charge in [-0.1, -0.05) is 13.2 Å². The Morgan fingerprint density at radius 3 is 1.77 bits per heavy atom. The summed E-state index contributed by atoms with van der Waals surface area (Å²) < 4.78 is 34.9. The highest BCUT2D eigenvalue weighted by atomic mass is 31.1. The monoisotopic (exact) mass is 436 g/mol. The predicted octanol–water partition coefficient (Wildman–Crippen LogP) is 4.23. The van der Waals surface area contributed by atoms with Gasteiger partial charge in [-0.05, 0) is 52.7 Å². The maximum absolute atomic E-state index is 12.3. The lowest BCUT2D eigenvalue weighted by molar-refractivity contribution is -0.122. The average molecular weight is 436 g/mol. The zero-order chi connectivity index (χ0) is 23.0. The third-order valence-corrected chi connectivity index (χ3v) is 4.52. The van der Waals surface area contributed by atoms with Crippen molar-refractivity contribution in [3.05, 3.63) is 30.4 Å². The summed E-state index contributed by atoms with van der Waals surface area (Å²) in [7, 11) is -0.336. The number of hydrogen-bond acceptors (Lipinski definition) is 7. The minimum absolute atomic E-state index is 0.0321. The maximum atomic E-state index is 12.3. The minimum Gasteiger partial charge on any atom is -0.490 e. The zero-order valence-corrected chi connectivity index (χ0v) is 19.3. The number of hydrogen-bond donors (Lipinski definition) is 0. The van der Waals surface area contributed by atoms with Crippen molar-refractivity contribution in [2.75, 3.05) is 13.2 Å². The molecule has 0 radical (unpaired) electrons. The Bertz CT molecular complexity index is 844. The van der Waals surface area contributed by atoms with Crippen LogP contribution in [0.1, 0.15) is 41.5 Å². The molecule has 164 valence electrons. The summed E-state index contributed by atoms with van der Waals surface area (Å²) in [4.78, 5) is 24.7. The molecule has 0 bridgehead atoms. The Labute approximate surface area is 179 Å². The van der Waals surface area contributed by atoms with Gasteiger partial charge in [0, 0.05) is 6.07 Å². The zero-order valence-electron chi connectivity index (χ0n) is 18.4. The average Bonchev–Trinajstić information content (AvgIpc) is 2.70. The van der Waals surface area contributed by atoms with Crippen molar-refractivity contribution in [3.63, 3.8) is 0 Å². The van der Waals surface area contributed by atoms with E-state index in [0.29, 0.717) is 11.1 Å². The first-order valence-electron chi connectivity index (χ1n) is 9.61. The van der Waals surface area contributed by atoms with E-state index in [2.05, 4.69) is 13.2 Å². The van der Waals surface area contributed by atoms with Crippen LogP contribution in [-0.4, -0.2) is 37.0 Å². The molecular formula is C22H29O7P. The molecule has 0 heterocycles. The summed E-state index contributed by atoms with van der Waals surface area (Å²) in [5.74, 6) is -0.161. The maximum Gasteiger partial charge on any atom is 0.209 e. The second kappa shape index (κ2) is 11.5. The fourth-order valence-electron chi connectivity index (χ4n) is 2.57. The van der Waals surface area contributed by atoms with E-state index >= 15 is 0 Å². The SMILES string of the molecule is C=C(C)C(=O)C(C)Oc1c(OCC)cc(P=O)c(OCC)c1OC(C)C(=O)C(=C)C. The van der Waals surface area contributed by atoms with Crippen molar-refractivity contribution in [1.82, 2.24) is 0 Å². The van der Waals surface area contributed by atoms with Gasteiger partial charge in [-0.15, -0.1) is 0 Å². The molecule has 30 heavy (non-hydrogen) atoms. The summed E-state index contributed by atoms with van der Waals surface area (Å²) >= 11 is 0. The molecular weight excluding hydrogens is 407 g/mol. The number of carbonyl (C=O) groups is 2. The van der Waals surface area contributed by atoms with Gasteiger partial charge in [-0.3, -0.25) is 14.2 Å². The van der Waals surface area contributed by atoms with E-state index in [0.717, 1.165) is 0 Å². The van der Waals surface area contributed by atoms with E-state index in [-0.39, 0.29) is 61.5 Å². The molecule has 0 fully saturated rings. The molecule has 1 rings (SSSR count). The summed E-state index contributed by atoms with van der Waals surface area (Å²) in [5.41, 5.74) is 0.644. The molecule has 2 atom stereocenters. The van der Waals surface area contributed by atoms with Crippen LogP contribution < -0.4 is 24.3 Å². The molecule has 0 saturated carbocycles. The first kappa shape index (κ1) is 25.4. The first-order valence-corrected chi connectivity index (χ1v) is 10.4. The number of carbonyl (C=O) groups excluding carboxylic acids is 2. The van der Waals surface area contributed by atoms with E-state index in [1.807, 2.05) is 0 Å². The molecule has 7 nitrogen and oxygen atoms in total. The number of rotatable bonds is 13. The summed E-state index contributed by atoms with van der Waals surface area (Å²) in [5, 5.41) is 0.261. The highest BCUT2D eigenvalue weighted by molar-refractivity contribution is 7.34.